The molecule has 1 fully saturated rings. The summed E-state index contributed by atoms with van der Waals surface area (Å²) in [6, 6.07) is 0. The maximum absolute atomic E-state index is 9.78. The molecule has 0 spiro atoms. The molecular formula is C25H40O. The van der Waals surface area contributed by atoms with Gasteiger partial charge < -0.3 is 5.11 Å². The molecule has 0 aliphatic heterocycles. The zero-order chi connectivity index (χ0) is 18.9. The second-order valence-corrected chi connectivity index (χ2v) is 11.3. The Kier molecular flexibility index (Phi) is 4.31. The minimum absolute atomic E-state index is 0.307. The number of hydrogen-bond donors (Lipinski definition) is 1. The molecule has 1 N–H and O–H groups in total. The maximum atomic E-state index is 9.78. The number of aliphatic hydroxyl groups is 1. The SMILES string of the molecule is CC(CO)C1CC=C2C3=C(CCC21C)C1(C)CCC(C)C(C)(C)C1CC3. The van der Waals surface area contributed by atoms with Crippen LogP contribution < -0.4 is 0 Å². The van der Waals surface area contributed by atoms with Crippen LogP contribution in [0, 0.1) is 39.9 Å². The van der Waals surface area contributed by atoms with Crippen LogP contribution in [-0.4, -0.2) is 11.7 Å². The summed E-state index contributed by atoms with van der Waals surface area (Å²) in [5, 5.41) is 9.78. The molecule has 0 saturated heterocycles. The molecule has 0 aromatic heterocycles. The largest absolute Gasteiger partial charge is 0.396 e. The highest BCUT2D eigenvalue weighted by atomic mass is 16.3. The molecule has 0 bridgehead atoms. The summed E-state index contributed by atoms with van der Waals surface area (Å²) in [7, 11) is 0. The standard InChI is InChI=1S/C25H40O/c1-16(15-26)19-8-9-20-18-7-10-22-23(3,4)17(2)11-13-25(22,6)21(18)12-14-24(19,20)5/h9,16-17,19,22,26H,7-8,10-15H2,1-6H3. The van der Waals surface area contributed by atoms with Crippen LogP contribution in [0.1, 0.15) is 86.5 Å². The van der Waals surface area contributed by atoms with Crippen molar-refractivity contribution < 1.29 is 5.11 Å². The number of allylic oxidation sites excluding steroid dienone is 4. The van der Waals surface area contributed by atoms with Crippen LogP contribution in [0.2, 0.25) is 0 Å². The first-order chi connectivity index (χ1) is 12.2. The summed E-state index contributed by atoms with van der Waals surface area (Å²) in [5.74, 6) is 2.73. The predicted octanol–water partition coefficient (Wildman–Crippen LogP) is 6.53. The molecule has 0 aromatic rings. The van der Waals surface area contributed by atoms with Gasteiger partial charge in [-0.05, 0) is 96.0 Å². The van der Waals surface area contributed by atoms with E-state index in [2.05, 4.69) is 47.6 Å². The van der Waals surface area contributed by atoms with E-state index in [0.717, 1.165) is 11.8 Å². The fraction of sp³-hybridized carbons (Fsp3) is 0.840. The monoisotopic (exact) mass is 356 g/mol. The van der Waals surface area contributed by atoms with Gasteiger partial charge in [-0.3, -0.25) is 0 Å². The van der Waals surface area contributed by atoms with Crippen molar-refractivity contribution in [2.45, 2.75) is 86.5 Å². The molecule has 0 heterocycles. The molecule has 4 aliphatic carbocycles. The van der Waals surface area contributed by atoms with Crippen molar-refractivity contribution in [3.05, 3.63) is 22.8 Å². The van der Waals surface area contributed by atoms with Gasteiger partial charge in [0, 0.05) is 6.61 Å². The van der Waals surface area contributed by atoms with E-state index in [9.17, 15) is 5.11 Å². The fourth-order valence-electron chi connectivity index (χ4n) is 7.89. The van der Waals surface area contributed by atoms with Gasteiger partial charge in [0.2, 0.25) is 0 Å². The Labute approximate surface area is 161 Å². The Balaban J connectivity index is 1.74. The Morgan fingerprint density at radius 2 is 1.81 bits per heavy atom. The Hall–Kier alpha value is -0.560. The minimum atomic E-state index is 0.307. The Morgan fingerprint density at radius 3 is 2.50 bits per heavy atom. The lowest BCUT2D eigenvalue weighted by Gasteiger charge is -2.60. The molecule has 0 aromatic carbocycles. The van der Waals surface area contributed by atoms with Crippen molar-refractivity contribution in [1.82, 2.24) is 0 Å². The van der Waals surface area contributed by atoms with E-state index in [0.29, 0.717) is 34.7 Å². The third-order valence-corrected chi connectivity index (χ3v) is 9.97. The molecule has 4 rings (SSSR count). The van der Waals surface area contributed by atoms with Crippen molar-refractivity contribution in [3.63, 3.8) is 0 Å². The van der Waals surface area contributed by atoms with Crippen LogP contribution in [-0.2, 0) is 0 Å². The lowest BCUT2D eigenvalue weighted by molar-refractivity contribution is -0.0340. The molecular weight excluding hydrogens is 316 g/mol. The van der Waals surface area contributed by atoms with Crippen molar-refractivity contribution in [3.8, 4) is 0 Å². The van der Waals surface area contributed by atoms with Crippen molar-refractivity contribution in [2.75, 3.05) is 6.61 Å². The van der Waals surface area contributed by atoms with Crippen LogP contribution in [0.15, 0.2) is 22.8 Å². The highest BCUT2D eigenvalue weighted by Gasteiger charge is 2.56. The van der Waals surface area contributed by atoms with Gasteiger partial charge in [0.05, 0.1) is 0 Å². The van der Waals surface area contributed by atoms with E-state index in [1.54, 1.807) is 11.1 Å². The molecule has 4 aliphatic rings. The summed E-state index contributed by atoms with van der Waals surface area (Å²) in [6.07, 6.45) is 11.8. The molecule has 1 heteroatoms. The van der Waals surface area contributed by atoms with E-state index in [1.165, 1.54) is 44.9 Å². The second kappa shape index (κ2) is 5.97. The normalized spacial score (nSPS) is 45.5. The number of rotatable bonds is 2. The van der Waals surface area contributed by atoms with Crippen molar-refractivity contribution in [1.29, 1.82) is 0 Å². The van der Waals surface area contributed by atoms with E-state index in [1.807, 2.05) is 5.57 Å². The van der Waals surface area contributed by atoms with E-state index in [4.69, 9.17) is 0 Å². The fourth-order valence-corrected chi connectivity index (χ4v) is 7.89. The lowest BCUT2D eigenvalue weighted by atomic mass is 9.45. The Morgan fingerprint density at radius 1 is 1.08 bits per heavy atom. The zero-order valence-electron chi connectivity index (χ0n) is 18.0. The third kappa shape index (κ3) is 2.31. The molecule has 6 unspecified atom stereocenters. The van der Waals surface area contributed by atoms with Crippen LogP contribution in [0.25, 0.3) is 0 Å². The quantitative estimate of drug-likeness (QED) is 0.596. The van der Waals surface area contributed by atoms with Gasteiger partial charge in [-0.1, -0.05) is 53.2 Å². The van der Waals surface area contributed by atoms with Gasteiger partial charge in [-0.25, -0.2) is 0 Å². The zero-order valence-corrected chi connectivity index (χ0v) is 18.0. The topological polar surface area (TPSA) is 20.2 Å². The predicted molar refractivity (Wildman–Crippen MR) is 110 cm³/mol. The van der Waals surface area contributed by atoms with Gasteiger partial charge in [0.15, 0.2) is 0 Å². The van der Waals surface area contributed by atoms with Crippen LogP contribution in [0.3, 0.4) is 0 Å². The summed E-state index contributed by atoms with van der Waals surface area (Å²) in [6.45, 7) is 15.3. The van der Waals surface area contributed by atoms with Gasteiger partial charge in [0.1, 0.15) is 0 Å². The first-order valence-corrected chi connectivity index (χ1v) is 11.2. The first kappa shape index (κ1) is 18.8. The molecule has 1 saturated carbocycles. The molecule has 0 amide bonds. The van der Waals surface area contributed by atoms with Gasteiger partial charge in [-0.2, -0.15) is 0 Å². The van der Waals surface area contributed by atoms with E-state index < -0.39 is 0 Å². The molecule has 26 heavy (non-hydrogen) atoms. The van der Waals surface area contributed by atoms with Crippen molar-refractivity contribution >= 4 is 0 Å². The highest BCUT2D eigenvalue weighted by Crippen LogP contribution is 2.67. The average molecular weight is 357 g/mol. The van der Waals surface area contributed by atoms with Crippen LogP contribution >= 0.6 is 0 Å². The molecule has 146 valence electrons. The average Bonchev–Trinajstić information content (AvgIpc) is 2.95. The molecule has 6 atom stereocenters. The van der Waals surface area contributed by atoms with Crippen LogP contribution in [0.5, 0.6) is 0 Å². The van der Waals surface area contributed by atoms with Gasteiger partial charge in [-0.15, -0.1) is 0 Å². The number of aliphatic hydroxyl groups excluding tert-OH is 1. The summed E-state index contributed by atoms with van der Waals surface area (Å²) < 4.78 is 0. The maximum Gasteiger partial charge on any atom is 0.0459 e. The van der Waals surface area contributed by atoms with E-state index >= 15 is 0 Å². The summed E-state index contributed by atoms with van der Waals surface area (Å²) in [5.41, 5.74) is 6.49. The van der Waals surface area contributed by atoms with Gasteiger partial charge in [0.25, 0.3) is 0 Å². The van der Waals surface area contributed by atoms with Gasteiger partial charge >= 0.3 is 0 Å². The van der Waals surface area contributed by atoms with Crippen molar-refractivity contribution in [2.24, 2.45) is 39.9 Å². The third-order valence-electron chi connectivity index (χ3n) is 9.97. The first-order valence-electron chi connectivity index (χ1n) is 11.2. The summed E-state index contributed by atoms with van der Waals surface area (Å²) in [4.78, 5) is 0. The minimum Gasteiger partial charge on any atom is -0.396 e. The number of hydrogen-bond acceptors (Lipinski definition) is 1. The lowest BCUT2D eigenvalue weighted by Crippen LogP contribution is -2.50. The highest BCUT2D eigenvalue weighted by molar-refractivity contribution is 5.49. The van der Waals surface area contributed by atoms with E-state index in [-0.39, 0.29) is 0 Å². The smallest absolute Gasteiger partial charge is 0.0459 e. The number of fused-ring (bicyclic) bond motifs is 4. The molecule has 0 radical (unpaired) electrons. The summed E-state index contributed by atoms with van der Waals surface area (Å²) >= 11 is 0. The second-order valence-electron chi connectivity index (χ2n) is 11.3. The Bertz CT molecular complexity index is 653. The van der Waals surface area contributed by atoms with Crippen LogP contribution in [0.4, 0.5) is 0 Å². The molecule has 1 nitrogen and oxygen atoms in total.